The van der Waals surface area contributed by atoms with E-state index in [1.54, 1.807) is 6.33 Å². The largest absolute Gasteiger partial charge is 0.382 e. The quantitative estimate of drug-likeness (QED) is 0.742. The first-order chi connectivity index (χ1) is 8.79. The van der Waals surface area contributed by atoms with E-state index in [0.29, 0.717) is 11.3 Å². The third-order valence-corrected chi connectivity index (χ3v) is 2.98. The van der Waals surface area contributed by atoms with E-state index in [4.69, 9.17) is 5.73 Å². The second kappa shape index (κ2) is 4.10. The van der Waals surface area contributed by atoms with Crippen molar-refractivity contribution < 1.29 is 0 Å². The Labute approximate surface area is 104 Å². The minimum Gasteiger partial charge on any atom is -0.382 e. The number of imidazole rings is 1. The summed E-state index contributed by atoms with van der Waals surface area (Å²) in [7, 11) is 0. The Morgan fingerprint density at radius 1 is 1.11 bits per heavy atom. The summed E-state index contributed by atoms with van der Waals surface area (Å²) in [5, 5.41) is 0. The summed E-state index contributed by atoms with van der Waals surface area (Å²) in [4.78, 5) is 12.4. The Kier molecular flexibility index (Phi) is 2.44. The van der Waals surface area contributed by atoms with Crippen LogP contribution in [0.5, 0.6) is 0 Å². The van der Waals surface area contributed by atoms with Crippen LogP contribution in [0.4, 0.5) is 5.82 Å². The van der Waals surface area contributed by atoms with Crippen LogP contribution in [0.3, 0.4) is 0 Å². The summed E-state index contributed by atoms with van der Waals surface area (Å²) < 4.78 is 1.91. The van der Waals surface area contributed by atoms with E-state index in [-0.39, 0.29) is 0 Å². The van der Waals surface area contributed by atoms with E-state index >= 15 is 0 Å². The van der Waals surface area contributed by atoms with Crippen LogP contribution in [0.15, 0.2) is 36.9 Å². The highest BCUT2D eigenvalue weighted by molar-refractivity contribution is 5.82. The van der Waals surface area contributed by atoms with Gasteiger partial charge in [0.2, 0.25) is 0 Å². The van der Waals surface area contributed by atoms with Gasteiger partial charge in [-0.25, -0.2) is 15.0 Å². The van der Waals surface area contributed by atoms with Crippen LogP contribution in [-0.4, -0.2) is 19.5 Å². The van der Waals surface area contributed by atoms with Gasteiger partial charge in [0.15, 0.2) is 17.0 Å². The second-order valence-corrected chi connectivity index (χ2v) is 4.07. The molecule has 3 aromatic rings. The molecule has 0 radical (unpaired) electrons. The van der Waals surface area contributed by atoms with Gasteiger partial charge in [-0.3, -0.25) is 4.57 Å². The molecule has 18 heavy (non-hydrogen) atoms. The molecule has 5 nitrogen and oxygen atoms in total. The van der Waals surface area contributed by atoms with Gasteiger partial charge in [0.25, 0.3) is 0 Å². The van der Waals surface area contributed by atoms with Crippen molar-refractivity contribution in [1.82, 2.24) is 19.5 Å². The molecule has 2 aromatic heterocycles. The molecule has 2 N–H and O–H groups in total. The van der Waals surface area contributed by atoms with Gasteiger partial charge in [-0.2, -0.15) is 0 Å². The van der Waals surface area contributed by atoms with Crippen LogP contribution in [0, 0.1) is 0 Å². The number of rotatable bonds is 2. The van der Waals surface area contributed by atoms with Crippen molar-refractivity contribution in [2.24, 2.45) is 0 Å². The van der Waals surface area contributed by atoms with Crippen molar-refractivity contribution in [2.45, 2.75) is 13.3 Å². The van der Waals surface area contributed by atoms with Crippen molar-refractivity contribution in [2.75, 3.05) is 5.73 Å². The molecule has 5 heteroatoms. The number of nitrogens with zero attached hydrogens (tertiary/aromatic N) is 4. The van der Waals surface area contributed by atoms with Crippen molar-refractivity contribution in [3.05, 3.63) is 42.5 Å². The Bertz CT molecular complexity index is 684. The molecule has 0 fully saturated rings. The lowest BCUT2D eigenvalue weighted by Gasteiger charge is -2.04. The maximum atomic E-state index is 5.77. The lowest BCUT2D eigenvalue weighted by atomic mass is 10.1. The zero-order chi connectivity index (χ0) is 12.5. The number of nitrogens with two attached hydrogens (primary N) is 1. The van der Waals surface area contributed by atoms with Crippen molar-refractivity contribution in [3.8, 4) is 5.69 Å². The summed E-state index contributed by atoms with van der Waals surface area (Å²) in [6, 6.07) is 8.31. The molecule has 0 saturated heterocycles. The molecule has 0 spiro atoms. The molecule has 3 rings (SSSR count). The van der Waals surface area contributed by atoms with Gasteiger partial charge in [0.1, 0.15) is 12.7 Å². The van der Waals surface area contributed by atoms with Gasteiger partial charge in [0, 0.05) is 5.69 Å². The lowest BCUT2D eigenvalue weighted by Crippen LogP contribution is -1.97. The molecule has 1 aromatic carbocycles. The normalized spacial score (nSPS) is 10.9. The van der Waals surface area contributed by atoms with E-state index in [0.717, 1.165) is 17.8 Å². The first-order valence-electron chi connectivity index (χ1n) is 5.82. The summed E-state index contributed by atoms with van der Waals surface area (Å²) in [5.41, 5.74) is 9.46. The average Bonchev–Trinajstić information content (AvgIpc) is 2.84. The van der Waals surface area contributed by atoms with E-state index < -0.39 is 0 Å². The first-order valence-corrected chi connectivity index (χ1v) is 5.82. The number of anilines is 1. The Hall–Kier alpha value is -2.43. The number of benzene rings is 1. The summed E-state index contributed by atoms with van der Waals surface area (Å²) >= 11 is 0. The number of fused-ring (bicyclic) bond motifs is 1. The zero-order valence-corrected chi connectivity index (χ0v) is 10.0. The molecule has 0 aliphatic rings. The summed E-state index contributed by atoms with van der Waals surface area (Å²) in [6.45, 7) is 2.13. The second-order valence-electron chi connectivity index (χ2n) is 4.07. The molecule has 0 saturated carbocycles. The summed E-state index contributed by atoms with van der Waals surface area (Å²) in [6.07, 6.45) is 4.20. The molecule has 0 bridgehead atoms. The first kappa shape index (κ1) is 10.7. The number of aromatic nitrogens is 4. The zero-order valence-electron chi connectivity index (χ0n) is 10.0. The van der Waals surface area contributed by atoms with Crippen LogP contribution in [0.1, 0.15) is 12.5 Å². The highest BCUT2D eigenvalue weighted by atomic mass is 15.1. The Morgan fingerprint density at radius 3 is 2.61 bits per heavy atom. The SMILES string of the molecule is CCc1ccc(-n2cnc3c(N)ncnc32)cc1. The number of aryl methyl sites for hydroxylation is 1. The fourth-order valence-corrected chi connectivity index (χ4v) is 1.93. The van der Waals surface area contributed by atoms with Crippen LogP contribution in [-0.2, 0) is 6.42 Å². The standard InChI is InChI=1S/C13H13N5/c1-2-9-3-5-10(6-4-9)18-8-17-11-12(14)15-7-16-13(11)18/h3-8H,2H2,1H3,(H2,14,15,16). The van der Waals surface area contributed by atoms with Crippen molar-refractivity contribution in [3.63, 3.8) is 0 Å². The third kappa shape index (κ3) is 1.60. The van der Waals surface area contributed by atoms with Gasteiger partial charge < -0.3 is 5.73 Å². The fourth-order valence-electron chi connectivity index (χ4n) is 1.93. The van der Waals surface area contributed by atoms with Crippen molar-refractivity contribution >= 4 is 17.0 Å². The maximum Gasteiger partial charge on any atom is 0.170 e. The van der Waals surface area contributed by atoms with Gasteiger partial charge in [-0.15, -0.1) is 0 Å². The maximum absolute atomic E-state index is 5.77. The Balaban J connectivity index is 2.16. The van der Waals surface area contributed by atoms with Gasteiger partial charge >= 0.3 is 0 Å². The third-order valence-electron chi connectivity index (χ3n) is 2.98. The summed E-state index contributed by atoms with van der Waals surface area (Å²) in [5.74, 6) is 0.406. The average molecular weight is 239 g/mol. The predicted octanol–water partition coefficient (Wildman–Crippen LogP) is 1.96. The molecule has 0 unspecified atom stereocenters. The lowest BCUT2D eigenvalue weighted by molar-refractivity contribution is 1.05. The number of hydrogen-bond donors (Lipinski definition) is 1. The topological polar surface area (TPSA) is 69.6 Å². The molecular formula is C13H13N5. The predicted molar refractivity (Wildman–Crippen MR) is 70.5 cm³/mol. The minimum absolute atomic E-state index is 0.406. The molecule has 2 heterocycles. The van der Waals surface area contributed by atoms with E-state index in [2.05, 4.69) is 46.1 Å². The molecule has 0 aliphatic heterocycles. The minimum atomic E-state index is 0.406. The van der Waals surface area contributed by atoms with Gasteiger partial charge in [0.05, 0.1) is 0 Å². The number of hydrogen-bond acceptors (Lipinski definition) is 4. The van der Waals surface area contributed by atoms with Crippen LogP contribution in [0.2, 0.25) is 0 Å². The number of nitrogen functional groups attached to an aromatic ring is 1. The van der Waals surface area contributed by atoms with E-state index in [1.165, 1.54) is 11.9 Å². The van der Waals surface area contributed by atoms with Gasteiger partial charge in [-0.05, 0) is 24.1 Å². The Morgan fingerprint density at radius 2 is 1.89 bits per heavy atom. The van der Waals surface area contributed by atoms with Gasteiger partial charge in [-0.1, -0.05) is 19.1 Å². The highest BCUT2D eigenvalue weighted by Crippen LogP contribution is 2.19. The van der Waals surface area contributed by atoms with E-state index in [1.807, 2.05) is 4.57 Å². The molecular weight excluding hydrogens is 226 g/mol. The molecule has 90 valence electrons. The fraction of sp³-hybridized carbons (Fsp3) is 0.154. The highest BCUT2D eigenvalue weighted by Gasteiger charge is 2.08. The smallest absolute Gasteiger partial charge is 0.170 e. The van der Waals surface area contributed by atoms with E-state index in [9.17, 15) is 0 Å². The van der Waals surface area contributed by atoms with Crippen LogP contribution < -0.4 is 5.73 Å². The molecule has 0 amide bonds. The molecule has 0 aliphatic carbocycles. The van der Waals surface area contributed by atoms with Crippen LogP contribution >= 0.6 is 0 Å². The molecule has 0 atom stereocenters. The van der Waals surface area contributed by atoms with Crippen LogP contribution in [0.25, 0.3) is 16.9 Å². The monoisotopic (exact) mass is 239 g/mol. The van der Waals surface area contributed by atoms with Crippen molar-refractivity contribution in [1.29, 1.82) is 0 Å².